The van der Waals surface area contributed by atoms with Gasteiger partial charge >= 0.3 is 0 Å². The monoisotopic (exact) mass is 204 g/mol. The molecule has 0 aliphatic carbocycles. The highest BCUT2D eigenvalue weighted by Gasteiger charge is 2.22. The van der Waals surface area contributed by atoms with Crippen molar-refractivity contribution < 1.29 is 10.2 Å². The van der Waals surface area contributed by atoms with Crippen LogP contribution in [0.5, 0.6) is 0 Å². The maximum atomic E-state index is 9.64. The van der Waals surface area contributed by atoms with Crippen molar-refractivity contribution in [1.82, 2.24) is 9.78 Å². The molecule has 0 aliphatic heterocycles. The quantitative estimate of drug-likeness (QED) is 0.769. The van der Waals surface area contributed by atoms with E-state index in [-0.39, 0.29) is 0 Å². The normalized spacial score (nSPS) is 15.8. The van der Waals surface area contributed by atoms with Crippen molar-refractivity contribution in [2.24, 2.45) is 7.05 Å². The molecule has 0 aliphatic rings. The third-order valence-electron chi connectivity index (χ3n) is 2.00. The summed E-state index contributed by atoms with van der Waals surface area (Å²) in [6.07, 6.45) is 0.156. The predicted molar refractivity (Wildman–Crippen MR) is 49.5 cm³/mol. The lowest BCUT2D eigenvalue weighted by atomic mass is 10.1. The van der Waals surface area contributed by atoms with E-state index in [1.807, 2.05) is 0 Å². The van der Waals surface area contributed by atoms with Gasteiger partial charge in [0, 0.05) is 7.05 Å². The van der Waals surface area contributed by atoms with Crippen LogP contribution >= 0.6 is 11.6 Å². The highest BCUT2D eigenvalue weighted by atomic mass is 35.5. The molecule has 2 atom stereocenters. The number of rotatable bonds is 3. The molecule has 0 bridgehead atoms. The van der Waals surface area contributed by atoms with Crippen LogP contribution in [0.2, 0.25) is 5.02 Å². The molecular formula is C8H13ClN2O2. The van der Waals surface area contributed by atoms with Crippen LogP contribution in [0, 0.1) is 0 Å². The summed E-state index contributed by atoms with van der Waals surface area (Å²) in [5.41, 5.74) is 0.455. The number of hydrogen-bond donors (Lipinski definition) is 2. The summed E-state index contributed by atoms with van der Waals surface area (Å²) in [6, 6.07) is 0. The van der Waals surface area contributed by atoms with Crippen LogP contribution < -0.4 is 0 Å². The number of aliphatic hydroxyl groups excluding tert-OH is 2. The van der Waals surface area contributed by atoms with E-state index in [4.69, 9.17) is 11.6 Å². The minimum absolute atomic E-state index is 0.377. The molecule has 1 heterocycles. The van der Waals surface area contributed by atoms with Crippen molar-refractivity contribution >= 4 is 11.6 Å². The van der Waals surface area contributed by atoms with E-state index in [1.54, 1.807) is 14.0 Å². The fraction of sp³-hybridized carbons (Fsp3) is 0.625. The van der Waals surface area contributed by atoms with Gasteiger partial charge in [-0.05, 0) is 6.42 Å². The maximum Gasteiger partial charge on any atom is 0.123 e. The molecule has 0 aromatic carbocycles. The Morgan fingerprint density at radius 1 is 1.62 bits per heavy atom. The molecule has 0 radical (unpaired) electrons. The lowest BCUT2D eigenvalue weighted by molar-refractivity contribution is 0.0118. The van der Waals surface area contributed by atoms with E-state index in [1.165, 1.54) is 10.9 Å². The second kappa shape index (κ2) is 4.09. The average Bonchev–Trinajstić information content (AvgIpc) is 2.44. The molecule has 2 unspecified atom stereocenters. The highest BCUT2D eigenvalue weighted by molar-refractivity contribution is 6.31. The van der Waals surface area contributed by atoms with Gasteiger partial charge in [0.25, 0.3) is 0 Å². The van der Waals surface area contributed by atoms with E-state index in [0.717, 1.165) is 0 Å². The van der Waals surface area contributed by atoms with Gasteiger partial charge < -0.3 is 10.2 Å². The van der Waals surface area contributed by atoms with Gasteiger partial charge in [0.05, 0.1) is 23.0 Å². The topological polar surface area (TPSA) is 58.3 Å². The Hall–Kier alpha value is -0.580. The summed E-state index contributed by atoms with van der Waals surface area (Å²) in [4.78, 5) is 0. The molecule has 0 fully saturated rings. The van der Waals surface area contributed by atoms with Gasteiger partial charge in [-0.25, -0.2) is 0 Å². The van der Waals surface area contributed by atoms with Crippen molar-refractivity contribution in [2.45, 2.75) is 25.6 Å². The fourth-order valence-electron chi connectivity index (χ4n) is 1.16. The Morgan fingerprint density at radius 3 is 2.62 bits per heavy atom. The van der Waals surface area contributed by atoms with E-state index < -0.39 is 12.2 Å². The predicted octanol–water partition coefficient (Wildman–Crippen LogP) is 0.878. The van der Waals surface area contributed by atoms with Crippen LogP contribution in [0.4, 0.5) is 0 Å². The third kappa shape index (κ3) is 2.02. The second-order valence-electron chi connectivity index (χ2n) is 2.92. The summed E-state index contributed by atoms with van der Waals surface area (Å²) in [6.45, 7) is 1.79. The third-order valence-corrected chi connectivity index (χ3v) is 2.29. The van der Waals surface area contributed by atoms with Gasteiger partial charge in [0.1, 0.15) is 6.10 Å². The van der Waals surface area contributed by atoms with E-state index >= 15 is 0 Å². The first-order chi connectivity index (χ1) is 6.07. The van der Waals surface area contributed by atoms with Crippen molar-refractivity contribution in [2.75, 3.05) is 0 Å². The Balaban J connectivity index is 2.93. The van der Waals surface area contributed by atoms with Gasteiger partial charge in [-0.3, -0.25) is 4.68 Å². The van der Waals surface area contributed by atoms with Crippen LogP contribution in [-0.2, 0) is 7.05 Å². The molecule has 74 valence electrons. The lowest BCUT2D eigenvalue weighted by Crippen LogP contribution is -2.20. The molecule has 5 heteroatoms. The van der Waals surface area contributed by atoms with Crippen LogP contribution in [-0.4, -0.2) is 26.1 Å². The molecule has 4 nitrogen and oxygen atoms in total. The Bertz CT molecular complexity index is 268. The average molecular weight is 205 g/mol. The van der Waals surface area contributed by atoms with Crippen LogP contribution in [0.1, 0.15) is 25.1 Å². The van der Waals surface area contributed by atoms with Gasteiger partial charge in [0.2, 0.25) is 0 Å². The summed E-state index contributed by atoms with van der Waals surface area (Å²) in [7, 11) is 1.67. The summed E-state index contributed by atoms with van der Waals surface area (Å²) < 4.78 is 1.46. The second-order valence-corrected chi connectivity index (χ2v) is 3.33. The van der Waals surface area contributed by atoms with Crippen molar-refractivity contribution in [1.29, 1.82) is 0 Å². The zero-order valence-electron chi connectivity index (χ0n) is 7.61. The van der Waals surface area contributed by atoms with Gasteiger partial charge in [0.15, 0.2) is 0 Å². The van der Waals surface area contributed by atoms with E-state index in [9.17, 15) is 10.2 Å². The molecule has 2 N–H and O–H groups in total. The van der Waals surface area contributed by atoms with Gasteiger partial charge in [-0.2, -0.15) is 5.10 Å². The van der Waals surface area contributed by atoms with E-state index in [0.29, 0.717) is 17.1 Å². The minimum Gasteiger partial charge on any atom is -0.390 e. The van der Waals surface area contributed by atoms with Gasteiger partial charge in [-0.15, -0.1) is 0 Å². The Kier molecular flexibility index (Phi) is 3.30. The number of halogens is 1. The molecule has 13 heavy (non-hydrogen) atoms. The standard InChI is InChI=1S/C8H13ClN2O2/c1-3-6(12)8(13)7-5(9)4-10-11(7)2/h4,6,8,12-13H,3H2,1-2H3. The first-order valence-corrected chi connectivity index (χ1v) is 4.49. The first-order valence-electron chi connectivity index (χ1n) is 4.11. The summed E-state index contributed by atoms with van der Waals surface area (Å²) >= 11 is 5.79. The first kappa shape index (κ1) is 10.5. The minimum atomic E-state index is -0.968. The maximum absolute atomic E-state index is 9.64. The zero-order valence-corrected chi connectivity index (χ0v) is 8.36. The van der Waals surface area contributed by atoms with Crippen molar-refractivity contribution in [3.8, 4) is 0 Å². The number of aliphatic hydroxyl groups is 2. The lowest BCUT2D eigenvalue weighted by Gasteiger charge is -2.16. The number of nitrogens with zero attached hydrogens (tertiary/aromatic N) is 2. The Morgan fingerprint density at radius 2 is 2.23 bits per heavy atom. The number of aryl methyl sites for hydroxylation is 1. The van der Waals surface area contributed by atoms with Crippen molar-refractivity contribution in [3.05, 3.63) is 16.9 Å². The summed E-state index contributed by atoms with van der Waals surface area (Å²) in [5.74, 6) is 0. The summed E-state index contributed by atoms with van der Waals surface area (Å²) in [5, 5.41) is 23.3. The molecule has 0 amide bonds. The number of aromatic nitrogens is 2. The fourth-order valence-corrected chi connectivity index (χ4v) is 1.44. The zero-order chi connectivity index (χ0) is 10.0. The number of hydrogen-bond acceptors (Lipinski definition) is 3. The smallest absolute Gasteiger partial charge is 0.123 e. The molecule has 0 saturated carbocycles. The highest BCUT2D eigenvalue weighted by Crippen LogP contribution is 2.25. The molecule has 1 aromatic heterocycles. The van der Waals surface area contributed by atoms with Crippen LogP contribution in [0.15, 0.2) is 6.20 Å². The molecule has 0 saturated heterocycles. The Labute approximate surface area is 81.8 Å². The van der Waals surface area contributed by atoms with E-state index in [2.05, 4.69) is 5.10 Å². The molecule has 1 aromatic rings. The van der Waals surface area contributed by atoms with Crippen LogP contribution in [0.25, 0.3) is 0 Å². The largest absolute Gasteiger partial charge is 0.390 e. The van der Waals surface area contributed by atoms with Crippen LogP contribution in [0.3, 0.4) is 0 Å². The SMILES string of the molecule is CCC(O)C(O)c1c(Cl)cnn1C. The molecule has 0 spiro atoms. The van der Waals surface area contributed by atoms with Gasteiger partial charge in [-0.1, -0.05) is 18.5 Å². The van der Waals surface area contributed by atoms with Crippen molar-refractivity contribution in [3.63, 3.8) is 0 Å². The molecular weight excluding hydrogens is 192 g/mol. The molecule has 1 rings (SSSR count).